The Bertz CT molecular complexity index is 1140. The number of ether oxygens (including phenoxy) is 1. The van der Waals surface area contributed by atoms with E-state index >= 15 is 0 Å². The monoisotopic (exact) mass is 445 g/mol. The summed E-state index contributed by atoms with van der Waals surface area (Å²) in [6, 6.07) is 23.2. The molecular formula is C26H24ClN3O2. The summed E-state index contributed by atoms with van der Waals surface area (Å²) < 4.78 is 7.26. The molecule has 4 aromatic rings. The van der Waals surface area contributed by atoms with E-state index in [0.717, 1.165) is 28.9 Å². The fourth-order valence-electron chi connectivity index (χ4n) is 3.57. The summed E-state index contributed by atoms with van der Waals surface area (Å²) in [6.45, 7) is 0.486. The number of carbonyl (C=O) groups excluding carboxylic acids is 1. The molecule has 32 heavy (non-hydrogen) atoms. The van der Waals surface area contributed by atoms with Crippen LogP contribution in [0, 0.1) is 0 Å². The van der Waals surface area contributed by atoms with E-state index < -0.39 is 0 Å². The maximum absolute atomic E-state index is 12.8. The van der Waals surface area contributed by atoms with Gasteiger partial charge in [-0.3, -0.25) is 4.79 Å². The van der Waals surface area contributed by atoms with Crippen LogP contribution in [0.1, 0.15) is 22.0 Å². The number of hydrogen-bond donors (Lipinski definition) is 1. The zero-order valence-corrected chi connectivity index (χ0v) is 18.5. The number of nitrogens with one attached hydrogen (secondary N) is 1. The number of nitrogens with zero attached hydrogens (tertiary/aromatic N) is 2. The third kappa shape index (κ3) is 5.37. The Morgan fingerprint density at radius 1 is 1.00 bits per heavy atom. The SMILES string of the molecule is COc1ccc(CC(CNC(=O)c2ccc(-c3ccc(Cl)cc3)cc2)n2ccnc2)cc1. The molecule has 1 heterocycles. The number of methoxy groups -OCH3 is 1. The van der Waals surface area contributed by atoms with Gasteiger partial charge in [-0.1, -0.05) is 48.0 Å². The number of hydrogen-bond acceptors (Lipinski definition) is 3. The summed E-state index contributed by atoms with van der Waals surface area (Å²) >= 11 is 5.96. The first-order chi connectivity index (χ1) is 15.6. The molecule has 4 rings (SSSR count). The van der Waals surface area contributed by atoms with Gasteiger partial charge in [-0.15, -0.1) is 0 Å². The molecule has 1 atom stereocenters. The van der Waals surface area contributed by atoms with Gasteiger partial charge in [-0.2, -0.15) is 0 Å². The minimum Gasteiger partial charge on any atom is -0.497 e. The molecule has 1 unspecified atom stereocenters. The van der Waals surface area contributed by atoms with Crippen molar-refractivity contribution in [3.05, 3.63) is 108 Å². The number of amides is 1. The Kier molecular flexibility index (Phi) is 6.87. The van der Waals surface area contributed by atoms with Gasteiger partial charge in [0.1, 0.15) is 5.75 Å². The van der Waals surface area contributed by atoms with E-state index in [9.17, 15) is 4.79 Å². The van der Waals surface area contributed by atoms with E-state index in [0.29, 0.717) is 17.1 Å². The standard InChI is InChI=1S/C26H24ClN3O2/c1-32-25-12-2-19(3-13-25)16-24(30-15-14-28-18-30)17-29-26(31)22-6-4-20(5-7-22)21-8-10-23(27)11-9-21/h2-15,18,24H,16-17H2,1H3,(H,29,31). The molecule has 1 aromatic heterocycles. The molecule has 0 saturated carbocycles. The molecule has 0 aliphatic rings. The van der Waals surface area contributed by atoms with Crippen LogP contribution in [0.4, 0.5) is 0 Å². The van der Waals surface area contributed by atoms with Gasteiger partial charge in [-0.05, 0) is 59.5 Å². The largest absolute Gasteiger partial charge is 0.497 e. The maximum atomic E-state index is 12.8. The van der Waals surface area contributed by atoms with Gasteiger partial charge < -0.3 is 14.6 Å². The first-order valence-electron chi connectivity index (χ1n) is 10.4. The van der Waals surface area contributed by atoms with Gasteiger partial charge in [0.15, 0.2) is 0 Å². The molecule has 0 radical (unpaired) electrons. The van der Waals surface area contributed by atoms with Gasteiger partial charge in [0.2, 0.25) is 0 Å². The molecule has 5 nitrogen and oxygen atoms in total. The van der Waals surface area contributed by atoms with Crippen LogP contribution >= 0.6 is 11.6 Å². The summed E-state index contributed by atoms with van der Waals surface area (Å²) in [5.74, 6) is 0.718. The molecular weight excluding hydrogens is 422 g/mol. The fourth-order valence-corrected chi connectivity index (χ4v) is 3.70. The molecule has 0 bridgehead atoms. The topological polar surface area (TPSA) is 56.1 Å². The lowest BCUT2D eigenvalue weighted by Crippen LogP contribution is -2.31. The molecule has 3 aromatic carbocycles. The van der Waals surface area contributed by atoms with Gasteiger partial charge in [-0.25, -0.2) is 4.98 Å². The van der Waals surface area contributed by atoms with Crippen molar-refractivity contribution in [3.8, 4) is 16.9 Å². The molecule has 1 N–H and O–H groups in total. The number of rotatable bonds is 8. The Morgan fingerprint density at radius 2 is 1.66 bits per heavy atom. The lowest BCUT2D eigenvalue weighted by atomic mass is 10.0. The summed E-state index contributed by atoms with van der Waals surface area (Å²) in [5.41, 5.74) is 3.87. The average molecular weight is 446 g/mol. The lowest BCUT2D eigenvalue weighted by Gasteiger charge is -2.19. The van der Waals surface area contributed by atoms with Crippen LogP contribution in [0.3, 0.4) is 0 Å². The second-order valence-corrected chi connectivity index (χ2v) is 7.95. The second-order valence-electron chi connectivity index (χ2n) is 7.51. The first kappa shape index (κ1) is 21.7. The lowest BCUT2D eigenvalue weighted by molar-refractivity contribution is 0.0947. The van der Waals surface area contributed by atoms with Gasteiger partial charge in [0.05, 0.1) is 19.5 Å². The number of carbonyl (C=O) groups is 1. The molecule has 162 valence electrons. The van der Waals surface area contributed by atoms with Gasteiger partial charge in [0.25, 0.3) is 5.91 Å². The Morgan fingerprint density at radius 3 is 2.25 bits per heavy atom. The van der Waals surface area contributed by atoms with E-state index in [4.69, 9.17) is 16.3 Å². The third-order valence-electron chi connectivity index (χ3n) is 5.40. The molecule has 0 fully saturated rings. The highest BCUT2D eigenvalue weighted by Gasteiger charge is 2.14. The minimum atomic E-state index is -0.104. The molecule has 0 aliphatic carbocycles. The highest BCUT2D eigenvalue weighted by atomic mass is 35.5. The molecule has 0 saturated heterocycles. The predicted octanol–water partition coefficient (Wildman–Crippen LogP) is 5.43. The van der Waals surface area contributed by atoms with Crippen LogP contribution in [0.25, 0.3) is 11.1 Å². The number of halogens is 1. The molecule has 1 amide bonds. The van der Waals surface area contributed by atoms with E-state index in [-0.39, 0.29) is 11.9 Å². The van der Waals surface area contributed by atoms with E-state index in [1.807, 2.05) is 83.6 Å². The average Bonchev–Trinajstić information content (AvgIpc) is 3.37. The highest BCUT2D eigenvalue weighted by Crippen LogP contribution is 2.22. The normalized spacial score (nSPS) is 11.7. The van der Waals surface area contributed by atoms with Gasteiger partial charge in [0, 0.05) is 29.5 Å². The zero-order valence-electron chi connectivity index (χ0n) is 17.7. The summed E-state index contributed by atoms with van der Waals surface area (Å²) in [6.07, 6.45) is 6.21. The molecule has 0 spiro atoms. The van der Waals surface area contributed by atoms with Crippen LogP contribution in [0.5, 0.6) is 5.75 Å². The van der Waals surface area contributed by atoms with Crippen LogP contribution < -0.4 is 10.1 Å². The fraction of sp³-hybridized carbons (Fsp3) is 0.154. The van der Waals surface area contributed by atoms with Crippen LogP contribution in [-0.2, 0) is 6.42 Å². The van der Waals surface area contributed by atoms with Crippen molar-refractivity contribution in [3.63, 3.8) is 0 Å². The van der Waals surface area contributed by atoms with Crippen molar-refractivity contribution >= 4 is 17.5 Å². The maximum Gasteiger partial charge on any atom is 0.251 e. The number of benzene rings is 3. The first-order valence-corrected chi connectivity index (χ1v) is 10.7. The van der Waals surface area contributed by atoms with E-state index in [1.54, 1.807) is 19.6 Å². The smallest absolute Gasteiger partial charge is 0.251 e. The van der Waals surface area contributed by atoms with Crippen LogP contribution in [-0.4, -0.2) is 29.1 Å². The zero-order chi connectivity index (χ0) is 22.3. The molecule has 0 aliphatic heterocycles. The Hall–Kier alpha value is -3.57. The molecule has 6 heteroatoms. The third-order valence-corrected chi connectivity index (χ3v) is 5.65. The Labute approximate surface area is 192 Å². The van der Waals surface area contributed by atoms with E-state index in [1.165, 1.54) is 0 Å². The van der Waals surface area contributed by atoms with Gasteiger partial charge >= 0.3 is 0 Å². The van der Waals surface area contributed by atoms with Crippen LogP contribution in [0.15, 0.2) is 91.5 Å². The summed E-state index contributed by atoms with van der Waals surface area (Å²) in [5, 5.41) is 3.77. The number of aromatic nitrogens is 2. The van der Waals surface area contributed by atoms with Crippen molar-refractivity contribution in [2.75, 3.05) is 13.7 Å². The summed E-state index contributed by atoms with van der Waals surface area (Å²) in [4.78, 5) is 16.9. The Balaban J connectivity index is 1.42. The van der Waals surface area contributed by atoms with E-state index in [2.05, 4.69) is 10.3 Å². The van der Waals surface area contributed by atoms with Crippen molar-refractivity contribution in [1.82, 2.24) is 14.9 Å². The van der Waals surface area contributed by atoms with Crippen molar-refractivity contribution in [2.24, 2.45) is 0 Å². The second kappa shape index (κ2) is 10.2. The number of imidazole rings is 1. The minimum absolute atomic E-state index is 0.0446. The van der Waals surface area contributed by atoms with Crippen molar-refractivity contribution < 1.29 is 9.53 Å². The van der Waals surface area contributed by atoms with Crippen molar-refractivity contribution in [2.45, 2.75) is 12.5 Å². The quantitative estimate of drug-likeness (QED) is 0.393. The highest BCUT2D eigenvalue weighted by molar-refractivity contribution is 6.30. The van der Waals surface area contributed by atoms with Crippen LogP contribution in [0.2, 0.25) is 5.02 Å². The van der Waals surface area contributed by atoms with Crippen molar-refractivity contribution in [1.29, 1.82) is 0 Å². The predicted molar refractivity (Wildman–Crippen MR) is 127 cm³/mol. The summed E-state index contributed by atoms with van der Waals surface area (Å²) in [7, 11) is 1.65.